The minimum atomic E-state index is -1.12. The molecule has 3 N–H and O–H groups in total. The standard InChI is InChI=1S/C24H25F2N5O3S/c1-6-12(2)34-18-10-28-20(13(3)29-18)21(32)30-14-7-15(19(26)16(25)8-14)23(4)17-9-24(17,11-33-5)35-22(27)31-23/h1,7-8,10,12,17H,9,11H2,2-5H3,(H2,27,31)(H,30,32)/t12-,17?,23+,24+/m0/s1. The summed E-state index contributed by atoms with van der Waals surface area (Å²) in [5.74, 6) is -0.328. The number of amides is 1. The number of aryl methyl sites for hydroxylation is 1. The first-order valence-electron chi connectivity index (χ1n) is 10.8. The van der Waals surface area contributed by atoms with Gasteiger partial charge in [-0.05, 0) is 33.3 Å². The van der Waals surface area contributed by atoms with Gasteiger partial charge >= 0.3 is 0 Å². The average molecular weight is 502 g/mol. The van der Waals surface area contributed by atoms with Crippen molar-refractivity contribution in [2.45, 2.75) is 43.6 Å². The Morgan fingerprint density at radius 1 is 1.46 bits per heavy atom. The number of aromatic nitrogens is 2. The first-order valence-corrected chi connectivity index (χ1v) is 11.6. The first kappa shape index (κ1) is 24.9. The fourth-order valence-electron chi connectivity index (χ4n) is 4.50. The van der Waals surface area contributed by atoms with Gasteiger partial charge in [0.15, 0.2) is 22.9 Å². The number of nitrogens with zero attached hydrogens (tertiary/aromatic N) is 3. The first-order chi connectivity index (χ1) is 16.5. The zero-order chi connectivity index (χ0) is 25.5. The van der Waals surface area contributed by atoms with Crippen LogP contribution in [0.3, 0.4) is 0 Å². The molecular formula is C24H25F2N5O3S. The van der Waals surface area contributed by atoms with Crippen LogP contribution in [0, 0.1) is 36.8 Å². The van der Waals surface area contributed by atoms with Crippen molar-refractivity contribution in [2.24, 2.45) is 16.6 Å². The van der Waals surface area contributed by atoms with E-state index in [9.17, 15) is 9.18 Å². The number of rotatable bonds is 7. The van der Waals surface area contributed by atoms with Crippen molar-refractivity contribution in [3.05, 3.63) is 46.9 Å². The molecule has 4 atom stereocenters. The Kier molecular flexibility index (Phi) is 6.46. The van der Waals surface area contributed by atoms with E-state index in [-0.39, 0.29) is 44.4 Å². The second kappa shape index (κ2) is 9.09. The van der Waals surface area contributed by atoms with Crippen molar-refractivity contribution in [3.8, 4) is 18.2 Å². The minimum Gasteiger partial charge on any atom is -0.460 e. The van der Waals surface area contributed by atoms with Crippen LogP contribution in [0.5, 0.6) is 5.88 Å². The lowest BCUT2D eigenvalue weighted by atomic mass is 9.85. The molecule has 0 bridgehead atoms. The molecule has 1 saturated carbocycles. The fraction of sp³-hybridized carbons (Fsp3) is 0.417. The van der Waals surface area contributed by atoms with E-state index in [1.165, 1.54) is 24.0 Å². The highest BCUT2D eigenvalue weighted by Crippen LogP contribution is 2.66. The maximum absolute atomic E-state index is 15.1. The van der Waals surface area contributed by atoms with Crippen molar-refractivity contribution in [3.63, 3.8) is 0 Å². The summed E-state index contributed by atoms with van der Waals surface area (Å²) in [5, 5.41) is 2.86. The molecule has 1 aliphatic heterocycles. The summed E-state index contributed by atoms with van der Waals surface area (Å²) in [7, 11) is 1.58. The minimum absolute atomic E-state index is 0.000779. The number of hydrogen-bond acceptors (Lipinski definition) is 8. The molecule has 4 rings (SSSR count). The Balaban J connectivity index is 1.63. The molecule has 184 valence electrons. The molecule has 0 spiro atoms. The SMILES string of the molecule is C#C[C@H](C)Oc1cnc(C(=O)Nc2cc(F)c(F)c([C@@]3(C)N=C(N)S[C@@]4(COC)CC43)c2)c(C)n1. The molecule has 8 nitrogen and oxygen atoms in total. The highest BCUT2D eigenvalue weighted by Gasteiger charge is 2.66. The van der Waals surface area contributed by atoms with Crippen LogP contribution in [0.4, 0.5) is 14.5 Å². The number of aliphatic imine (C=N–C) groups is 1. The fourth-order valence-corrected chi connectivity index (χ4v) is 5.95. The normalized spacial score (nSPS) is 25.6. The van der Waals surface area contributed by atoms with Gasteiger partial charge in [0.1, 0.15) is 5.69 Å². The summed E-state index contributed by atoms with van der Waals surface area (Å²) < 4.78 is 40.1. The summed E-state index contributed by atoms with van der Waals surface area (Å²) in [5.41, 5.74) is 5.29. The molecule has 35 heavy (non-hydrogen) atoms. The Labute approximate surface area is 206 Å². The highest BCUT2D eigenvalue weighted by molar-refractivity contribution is 8.15. The number of amidine groups is 1. The zero-order valence-corrected chi connectivity index (χ0v) is 20.5. The average Bonchev–Trinajstić information content (AvgIpc) is 3.50. The van der Waals surface area contributed by atoms with Crippen LogP contribution < -0.4 is 15.8 Å². The summed E-state index contributed by atoms with van der Waals surface area (Å²) in [6, 6.07) is 2.29. The van der Waals surface area contributed by atoms with Crippen LogP contribution >= 0.6 is 11.8 Å². The van der Waals surface area contributed by atoms with Gasteiger partial charge in [-0.2, -0.15) is 0 Å². The highest BCUT2D eigenvalue weighted by atomic mass is 32.2. The van der Waals surface area contributed by atoms with Crippen LogP contribution in [0.25, 0.3) is 0 Å². The molecule has 1 aromatic heterocycles. The van der Waals surface area contributed by atoms with Gasteiger partial charge in [-0.3, -0.25) is 9.79 Å². The molecule has 2 heterocycles. The molecule has 1 fully saturated rings. The van der Waals surface area contributed by atoms with Gasteiger partial charge in [-0.25, -0.2) is 18.7 Å². The lowest BCUT2D eigenvalue weighted by molar-refractivity contribution is 0.102. The predicted molar refractivity (Wildman–Crippen MR) is 129 cm³/mol. The number of carbonyl (C=O) groups excluding carboxylic acids is 1. The maximum atomic E-state index is 15.1. The number of hydrogen-bond donors (Lipinski definition) is 2. The van der Waals surface area contributed by atoms with Crippen molar-refractivity contribution >= 4 is 28.5 Å². The number of halogens is 2. The van der Waals surface area contributed by atoms with Crippen LogP contribution in [-0.4, -0.2) is 45.6 Å². The summed E-state index contributed by atoms with van der Waals surface area (Å²) in [6.45, 7) is 5.37. The summed E-state index contributed by atoms with van der Waals surface area (Å²) in [6.07, 6.45) is 6.73. The van der Waals surface area contributed by atoms with Crippen LogP contribution in [0.2, 0.25) is 0 Å². The maximum Gasteiger partial charge on any atom is 0.276 e. The van der Waals surface area contributed by atoms with Gasteiger partial charge in [-0.15, -0.1) is 6.42 Å². The van der Waals surface area contributed by atoms with Crippen LogP contribution in [0.15, 0.2) is 23.3 Å². The van der Waals surface area contributed by atoms with Gasteiger partial charge in [-0.1, -0.05) is 17.7 Å². The number of nitrogens with one attached hydrogen (secondary N) is 1. The predicted octanol–water partition coefficient (Wildman–Crippen LogP) is 3.40. The second-order valence-electron chi connectivity index (χ2n) is 8.80. The lowest BCUT2D eigenvalue weighted by Crippen LogP contribution is -2.38. The third kappa shape index (κ3) is 4.56. The quantitative estimate of drug-likeness (QED) is 0.560. The number of ether oxygens (including phenoxy) is 2. The molecule has 2 aliphatic rings. The van der Waals surface area contributed by atoms with Crippen molar-refractivity contribution < 1.29 is 23.0 Å². The number of fused-ring (bicyclic) bond motifs is 1. The number of carbonyl (C=O) groups is 1. The van der Waals surface area contributed by atoms with E-state index in [1.807, 2.05) is 0 Å². The summed E-state index contributed by atoms with van der Waals surface area (Å²) >= 11 is 1.39. The summed E-state index contributed by atoms with van der Waals surface area (Å²) in [4.78, 5) is 25.7. The Bertz CT molecular complexity index is 1270. The smallest absolute Gasteiger partial charge is 0.276 e. The van der Waals surface area contributed by atoms with E-state index in [0.717, 1.165) is 6.07 Å². The zero-order valence-electron chi connectivity index (χ0n) is 19.7. The van der Waals surface area contributed by atoms with E-state index in [0.29, 0.717) is 13.0 Å². The number of benzene rings is 1. The number of nitrogens with two attached hydrogens (primary N) is 1. The topological polar surface area (TPSA) is 112 Å². The van der Waals surface area contributed by atoms with Crippen molar-refractivity contribution in [1.82, 2.24) is 9.97 Å². The number of methoxy groups -OCH3 is 1. The molecule has 11 heteroatoms. The number of anilines is 1. The van der Waals surface area contributed by atoms with E-state index in [1.54, 1.807) is 27.9 Å². The van der Waals surface area contributed by atoms with E-state index >= 15 is 4.39 Å². The molecule has 1 aliphatic carbocycles. The molecule has 1 amide bonds. The van der Waals surface area contributed by atoms with E-state index in [4.69, 9.17) is 21.6 Å². The van der Waals surface area contributed by atoms with E-state index < -0.39 is 29.2 Å². The second-order valence-corrected chi connectivity index (χ2v) is 10.2. The third-order valence-corrected chi connectivity index (χ3v) is 7.52. The molecule has 1 aromatic carbocycles. The number of terminal acetylenes is 1. The lowest BCUT2D eigenvalue weighted by Gasteiger charge is -2.34. The molecule has 1 unspecified atom stereocenters. The molecule has 2 aromatic rings. The van der Waals surface area contributed by atoms with Gasteiger partial charge in [0, 0.05) is 30.3 Å². The van der Waals surface area contributed by atoms with Gasteiger partial charge < -0.3 is 20.5 Å². The molecular weight excluding hydrogens is 476 g/mol. The Morgan fingerprint density at radius 2 is 2.20 bits per heavy atom. The number of thioether (sulfide) groups is 1. The molecule has 0 radical (unpaired) electrons. The van der Waals surface area contributed by atoms with Crippen molar-refractivity contribution in [2.75, 3.05) is 19.0 Å². The van der Waals surface area contributed by atoms with Gasteiger partial charge in [0.2, 0.25) is 5.88 Å². The monoisotopic (exact) mass is 501 g/mol. The van der Waals surface area contributed by atoms with Crippen LogP contribution in [0.1, 0.15) is 42.0 Å². The Hall–Kier alpha value is -3.23. The van der Waals surface area contributed by atoms with Gasteiger partial charge in [0.25, 0.3) is 5.91 Å². The van der Waals surface area contributed by atoms with Crippen LogP contribution in [-0.2, 0) is 10.3 Å². The van der Waals surface area contributed by atoms with E-state index in [2.05, 4.69) is 26.2 Å². The Morgan fingerprint density at radius 3 is 2.86 bits per heavy atom. The largest absolute Gasteiger partial charge is 0.460 e. The van der Waals surface area contributed by atoms with Gasteiger partial charge in [0.05, 0.1) is 28.8 Å². The molecule has 0 saturated heterocycles. The van der Waals surface area contributed by atoms with Crippen molar-refractivity contribution in [1.29, 1.82) is 0 Å². The third-order valence-electron chi connectivity index (χ3n) is 6.25.